The topological polar surface area (TPSA) is 92.3 Å². The number of ether oxygens (including phenoxy) is 2. The SMILES string of the molecule is C[Si](C)(C)CCOCn1cc(C=O)c2nc(Oc3ccc4c(c3)C(N)CC4)cnc21. The maximum atomic E-state index is 11.6. The average molecular weight is 425 g/mol. The first kappa shape index (κ1) is 20.7. The molecule has 1 aliphatic carbocycles. The van der Waals surface area contributed by atoms with Crippen LogP contribution in [0.4, 0.5) is 0 Å². The van der Waals surface area contributed by atoms with Crippen molar-refractivity contribution in [3.05, 3.63) is 47.3 Å². The molecule has 3 aromatic rings. The van der Waals surface area contributed by atoms with Gasteiger partial charge < -0.3 is 19.8 Å². The minimum Gasteiger partial charge on any atom is -0.437 e. The van der Waals surface area contributed by atoms with Crippen LogP contribution in [0.25, 0.3) is 11.2 Å². The summed E-state index contributed by atoms with van der Waals surface area (Å²) in [6.07, 6.45) is 6.04. The highest BCUT2D eigenvalue weighted by Crippen LogP contribution is 2.33. The molecule has 0 radical (unpaired) electrons. The van der Waals surface area contributed by atoms with Crippen molar-refractivity contribution >= 4 is 25.5 Å². The van der Waals surface area contributed by atoms with E-state index in [9.17, 15) is 4.79 Å². The molecule has 0 amide bonds. The number of hydrogen-bond acceptors (Lipinski definition) is 6. The summed E-state index contributed by atoms with van der Waals surface area (Å²) in [5.41, 5.74) is 10.1. The number of benzene rings is 1. The van der Waals surface area contributed by atoms with Crippen LogP contribution in [0.5, 0.6) is 11.6 Å². The van der Waals surface area contributed by atoms with Crippen molar-refractivity contribution in [2.45, 2.75) is 51.3 Å². The van der Waals surface area contributed by atoms with Gasteiger partial charge in [-0.15, -0.1) is 0 Å². The molecule has 0 aliphatic heterocycles. The molecule has 7 nitrogen and oxygen atoms in total. The number of nitrogens with two attached hydrogens (primary N) is 1. The molecule has 8 heteroatoms. The van der Waals surface area contributed by atoms with Gasteiger partial charge in [0.1, 0.15) is 18.0 Å². The maximum Gasteiger partial charge on any atom is 0.238 e. The number of aromatic nitrogens is 3. The van der Waals surface area contributed by atoms with Crippen LogP contribution in [0.2, 0.25) is 25.7 Å². The molecule has 1 aromatic carbocycles. The van der Waals surface area contributed by atoms with E-state index in [-0.39, 0.29) is 6.04 Å². The molecule has 2 N–H and O–H groups in total. The van der Waals surface area contributed by atoms with E-state index in [1.807, 2.05) is 16.7 Å². The number of carbonyl (C=O) groups excluding carboxylic acids is 1. The van der Waals surface area contributed by atoms with Crippen molar-refractivity contribution in [2.24, 2.45) is 5.73 Å². The van der Waals surface area contributed by atoms with Crippen LogP contribution in [-0.2, 0) is 17.9 Å². The van der Waals surface area contributed by atoms with E-state index in [0.717, 1.165) is 30.7 Å². The predicted octanol–water partition coefficient (Wildman–Crippen LogP) is 4.29. The Morgan fingerprint density at radius 3 is 2.93 bits per heavy atom. The van der Waals surface area contributed by atoms with Gasteiger partial charge in [0.2, 0.25) is 5.88 Å². The smallest absolute Gasteiger partial charge is 0.238 e. The second kappa shape index (κ2) is 8.29. The third-order valence-electron chi connectivity index (χ3n) is 5.39. The van der Waals surface area contributed by atoms with Gasteiger partial charge in [-0.3, -0.25) is 4.79 Å². The van der Waals surface area contributed by atoms with Gasteiger partial charge in [0.25, 0.3) is 0 Å². The molecular formula is C22H28N4O3Si. The lowest BCUT2D eigenvalue weighted by Gasteiger charge is -2.15. The normalized spacial score (nSPS) is 16.1. The number of aldehydes is 1. The number of rotatable bonds is 8. The molecule has 0 fully saturated rings. The van der Waals surface area contributed by atoms with Crippen molar-refractivity contribution < 1.29 is 14.3 Å². The minimum atomic E-state index is -1.15. The summed E-state index contributed by atoms with van der Waals surface area (Å²) in [5.74, 6) is 1.01. The van der Waals surface area contributed by atoms with E-state index < -0.39 is 8.07 Å². The Labute approximate surface area is 177 Å². The van der Waals surface area contributed by atoms with Crippen LogP contribution < -0.4 is 10.5 Å². The fourth-order valence-electron chi connectivity index (χ4n) is 3.63. The lowest BCUT2D eigenvalue weighted by atomic mass is 10.1. The molecule has 0 saturated heterocycles. The molecule has 2 aromatic heterocycles. The molecule has 0 saturated carbocycles. The van der Waals surface area contributed by atoms with Gasteiger partial charge in [-0.2, -0.15) is 0 Å². The number of carbonyl (C=O) groups is 1. The van der Waals surface area contributed by atoms with Crippen molar-refractivity contribution in [2.75, 3.05) is 6.61 Å². The molecule has 1 aliphatic rings. The van der Waals surface area contributed by atoms with Gasteiger partial charge in [0.15, 0.2) is 11.9 Å². The van der Waals surface area contributed by atoms with Gasteiger partial charge >= 0.3 is 0 Å². The summed E-state index contributed by atoms with van der Waals surface area (Å²) in [6.45, 7) is 7.97. The summed E-state index contributed by atoms with van der Waals surface area (Å²) in [4.78, 5) is 20.6. The van der Waals surface area contributed by atoms with E-state index in [2.05, 4.69) is 35.7 Å². The summed E-state index contributed by atoms with van der Waals surface area (Å²) in [5, 5.41) is 0. The van der Waals surface area contributed by atoms with Crippen LogP contribution in [-0.4, -0.2) is 35.5 Å². The first-order chi connectivity index (χ1) is 14.3. The Balaban J connectivity index is 1.52. The average Bonchev–Trinajstić information content (AvgIpc) is 3.25. The van der Waals surface area contributed by atoms with Gasteiger partial charge in [0, 0.05) is 26.9 Å². The van der Waals surface area contributed by atoms with Gasteiger partial charge in [-0.1, -0.05) is 25.7 Å². The van der Waals surface area contributed by atoms with E-state index >= 15 is 0 Å². The van der Waals surface area contributed by atoms with Crippen molar-refractivity contribution in [3.8, 4) is 11.6 Å². The van der Waals surface area contributed by atoms with Crippen molar-refractivity contribution in [1.29, 1.82) is 0 Å². The van der Waals surface area contributed by atoms with Crippen molar-refractivity contribution in [1.82, 2.24) is 14.5 Å². The first-order valence-corrected chi connectivity index (χ1v) is 14.0. The first-order valence-electron chi connectivity index (χ1n) is 10.3. The summed E-state index contributed by atoms with van der Waals surface area (Å²) in [7, 11) is -1.15. The molecule has 1 unspecified atom stereocenters. The number of aryl methyl sites for hydroxylation is 1. The predicted molar refractivity (Wildman–Crippen MR) is 119 cm³/mol. The molecular weight excluding hydrogens is 396 g/mol. The quantitative estimate of drug-likeness (QED) is 0.329. The van der Waals surface area contributed by atoms with Crippen LogP contribution in [0, 0.1) is 0 Å². The Bertz CT molecular complexity index is 1070. The number of nitrogens with zero attached hydrogens (tertiary/aromatic N) is 3. The lowest BCUT2D eigenvalue weighted by Crippen LogP contribution is -2.22. The third kappa shape index (κ3) is 4.45. The van der Waals surface area contributed by atoms with E-state index in [1.54, 1.807) is 12.4 Å². The number of fused-ring (bicyclic) bond motifs is 2. The molecule has 0 spiro atoms. The lowest BCUT2D eigenvalue weighted by molar-refractivity contribution is 0.0897. The Hall–Kier alpha value is -2.55. The van der Waals surface area contributed by atoms with Crippen LogP contribution >= 0.6 is 0 Å². The molecule has 0 bridgehead atoms. The van der Waals surface area contributed by atoms with Crippen LogP contribution in [0.3, 0.4) is 0 Å². The highest BCUT2D eigenvalue weighted by molar-refractivity contribution is 6.76. The van der Waals surface area contributed by atoms with Crippen LogP contribution in [0.1, 0.15) is 33.9 Å². The van der Waals surface area contributed by atoms with Crippen molar-refractivity contribution in [3.63, 3.8) is 0 Å². The molecule has 1 atom stereocenters. The fourth-order valence-corrected chi connectivity index (χ4v) is 4.39. The monoisotopic (exact) mass is 424 g/mol. The third-order valence-corrected chi connectivity index (χ3v) is 7.09. The summed E-state index contributed by atoms with van der Waals surface area (Å²) in [6, 6.07) is 7.07. The second-order valence-corrected chi connectivity index (χ2v) is 14.6. The summed E-state index contributed by atoms with van der Waals surface area (Å²) < 4.78 is 13.5. The molecule has 30 heavy (non-hydrogen) atoms. The zero-order chi connectivity index (χ0) is 21.3. The largest absolute Gasteiger partial charge is 0.437 e. The maximum absolute atomic E-state index is 11.6. The summed E-state index contributed by atoms with van der Waals surface area (Å²) >= 11 is 0. The van der Waals surface area contributed by atoms with Gasteiger partial charge in [-0.25, -0.2) is 9.97 Å². The van der Waals surface area contributed by atoms with E-state index in [1.165, 1.54) is 5.56 Å². The second-order valence-electron chi connectivity index (χ2n) is 9.01. The molecule has 2 heterocycles. The molecule has 158 valence electrons. The highest BCUT2D eigenvalue weighted by Gasteiger charge is 2.20. The van der Waals surface area contributed by atoms with Gasteiger partial charge in [-0.05, 0) is 42.1 Å². The van der Waals surface area contributed by atoms with Gasteiger partial charge in [0.05, 0.1) is 11.8 Å². The minimum absolute atomic E-state index is 0.0498. The zero-order valence-corrected chi connectivity index (χ0v) is 18.7. The Morgan fingerprint density at radius 2 is 2.17 bits per heavy atom. The Kier molecular flexibility index (Phi) is 5.72. The highest BCUT2D eigenvalue weighted by atomic mass is 28.3. The molecule has 4 rings (SSSR count). The van der Waals surface area contributed by atoms with Crippen LogP contribution in [0.15, 0.2) is 30.6 Å². The number of hydrogen-bond donors (Lipinski definition) is 1. The fraction of sp³-hybridized carbons (Fsp3) is 0.409. The van der Waals surface area contributed by atoms with E-state index in [4.69, 9.17) is 15.2 Å². The zero-order valence-electron chi connectivity index (χ0n) is 17.7. The van der Waals surface area contributed by atoms with E-state index in [0.29, 0.717) is 41.7 Å². The Morgan fingerprint density at radius 1 is 1.33 bits per heavy atom. The standard InChI is InChI=1S/C22H28N4O3Si/c1-30(2,3)9-8-28-14-26-12-16(13-27)21-22(26)24-11-20(25-21)29-17-6-4-15-5-7-19(23)18(15)10-17/h4,6,10-13,19H,5,7-9,14,23H2,1-3H3.